The number of benzene rings is 1. The largest absolute Gasteiger partial charge is 0.454 e. The second-order valence-electron chi connectivity index (χ2n) is 5.62. The van der Waals surface area contributed by atoms with E-state index in [9.17, 15) is 14.4 Å². The van der Waals surface area contributed by atoms with Gasteiger partial charge in [-0.15, -0.1) is 0 Å². The van der Waals surface area contributed by atoms with Crippen LogP contribution in [-0.4, -0.2) is 36.5 Å². The molecule has 0 aliphatic heterocycles. The highest BCUT2D eigenvalue weighted by atomic mass is 127. The predicted molar refractivity (Wildman–Crippen MR) is 90.3 cm³/mol. The minimum Gasteiger partial charge on any atom is -0.454 e. The van der Waals surface area contributed by atoms with Crippen molar-refractivity contribution in [1.82, 2.24) is 10.6 Å². The fraction of sp³-hybridized carbons (Fsp3) is 0.400. The average molecular weight is 418 g/mol. The molecule has 22 heavy (non-hydrogen) atoms. The normalized spacial score (nSPS) is 10.7. The first-order valence-electron chi connectivity index (χ1n) is 6.68. The van der Waals surface area contributed by atoms with Gasteiger partial charge < -0.3 is 15.4 Å². The van der Waals surface area contributed by atoms with Crippen molar-refractivity contribution in [2.45, 2.75) is 26.3 Å². The first-order chi connectivity index (χ1) is 10.2. The SMILES string of the molecule is CC(C)(C)NC(=O)COC(=O)CNC(=O)c1ccccc1I. The molecule has 120 valence electrons. The molecule has 1 rings (SSSR count). The maximum atomic E-state index is 11.9. The van der Waals surface area contributed by atoms with Gasteiger partial charge in [0.2, 0.25) is 0 Å². The molecular formula is C15H19IN2O4. The van der Waals surface area contributed by atoms with Crippen molar-refractivity contribution < 1.29 is 19.1 Å². The van der Waals surface area contributed by atoms with Gasteiger partial charge in [0.1, 0.15) is 6.54 Å². The smallest absolute Gasteiger partial charge is 0.325 e. The zero-order valence-electron chi connectivity index (χ0n) is 12.7. The third kappa shape index (κ3) is 6.88. The lowest BCUT2D eigenvalue weighted by Gasteiger charge is -2.20. The summed E-state index contributed by atoms with van der Waals surface area (Å²) in [5, 5.41) is 5.13. The Hall–Kier alpha value is -1.64. The summed E-state index contributed by atoms with van der Waals surface area (Å²) in [7, 11) is 0. The zero-order valence-corrected chi connectivity index (χ0v) is 14.9. The van der Waals surface area contributed by atoms with E-state index in [1.807, 2.05) is 49.4 Å². The predicted octanol–water partition coefficient (Wildman–Crippen LogP) is 1.48. The van der Waals surface area contributed by atoms with Gasteiger partial charge >= 0.3 is 5.97 Å². The standard InChI is InChI=1S/C15H19IN2O4/c1-15(2,3)18-12(19)9-22-13(20)8-17-14(21)10-6-4-5-7-11(10)16/h4-7H,8-9H2,1-3H3,(H,17,21)(H,18,19). The molecule has 0 aliphatic rings. The molecule has 0 fully saturated rings. The van der Waals surface area contributed by atoms with Crippen LogP contribution < -0.4 is 10.6 Å². The number of carbonyl (C=O) groups excluding carboxylic acids is 3. The van der Waals surface area contributed by atoms with Crippen LogP contribution in [0.4, 0.5) is 0 Å². The lowest BCUT2D eigenvalue weighted by atomic mass is 10.1. The number of hydrogen-bond acceptors (Lipinski definition) is 4. The Kier molecular flexibility index (Phi) is 6.79. The first kappa shape index (κ1) is 18.4. The second-order valence-corrected chi connectivity index (χ2v) is 6.78. The van der Waals surface area contributed by atoms with Crippen LogP contribution in [0.25, 0.3) is 0 Å². The number of hydrogen-bond donors (Lipinski definition) is 2. The molecule has 0 bridgehead atoms. The molecular weight excluding hydrogens is 399 g/mol. The van der Waals surface area contributed by atoms with E-state index in [2.05, 4.69) is 10.6 Å². The Bertz CT molecular complexity index is 567. The summed E-state index contributed by atoms with van der Waals surface area (Å²) in [6.45, 7) is 4.83. The third-order valence-corrected chi connectivity index (χ3v) is 3.33. The summed E-state index contributed by atoms with van der Waals surface area (Å²) < 4.78 is 5.59. The number of ether oxygens (including phenoxy) is 1. The lowest BCUT2D eigenvalue weighted by Crippen LogP contribution is -2.43. The van der Waals surface area contributed by atoms with E-state index >= 15 is 0 Å². The minimum atomic E-state index is -0.664. The maximum absolute atomic E-state index is 11.9. The summed E-state index contributed by atoms with van der Waals surface area (Å²) in [6, 6.07) is 7.02. The molecule has 2 amide bonds. The quantitative estimate of drug-likeness (QED) is 0.561. The molecule has 0 unspecified atom stereocenters. The van der Waals surface area contributed by atoms with Crippen molar-refractivity contribution in [3.63, 3.8) is 0 Å². The fourth-order valence-corrected chi connectivity index (χ4v) is 2.18. The van der Waals surface area contributed by atoms with E-state index in [-0.39, 0.29) is 30.5 Å². The van der Waals surface area contributed by atoms with Gasteiger partial charge in [-0.25, -0.2) is 0 Å². The topological polar surface area (TPSA) is 84.5 Å². The summed E-state index contributed by atoms with van der Waals surface area (Å²) in [5.74, 6) is -1.41. The van der Waals surface area contributed by atoms with E-state index in [1.54, 1.807) is 18.2 Å². The van der Waals surface area contributed by atoms with Gasteiger partial charge in [0.05, 0.1) is 5.56 Å². The highest BCUT2D eigenvalue weighted by Gasteiger charge is 2.16. The minimum absolute atomic E-state index is 0.285. The Morgan fingerprint density at radius 1 is 1.18 bits per heavy atom. The number of nitrogens with one attached hydrogen (secondary N) is 2. The third-order valence-electron chi connectivity index (χ3n) is 2.39. The average Bonchev–Trinajstić information content (AvgIpc) is 2.41. The van der Waals surface area contributed by atoms with E-state index in [4.69, 9.17) is 4.74 Å². The molecule has 0 radical (unpaired) electrons. The van der Waals surface area contributed by atoms with Crippen LogP contribution in [0.2, 0.25) is 0 Å². The van der Waals surface area contributed by atoms with Gasteiger partial charge in [-0.1, -0.05) is 12.1 Å². The summed E-state index contributed by atoms with van der Waals surface area (Å²) >= 11 is 2.04. The highest BCUT2D eigenvalue weighted by molar-refractivity contribution is 14.1. The van der Waals surface area contributed by atoms with E-state index in [1.165, 1.54) is 0 Å². The first-order valence-corrected chi connectivity index (χ1v) is 7.76. The van der Waals surface area contributed by atoms with Gasteiger partial charge in [-0.3, -0.25) is 14.4 Å². The molecule has 1 aromatic rings. The van der Waals surface area contributed by atoms with Crippen molar-refractivity contribution in [3.05, 3.63) is 33.4 Å². The Morgan fingerprint density at radius 3 is 2.41 bits per heavy atom. The van der Waals surface area contributed by atoms with Gasteiger partial charge in [0, 0.05) is 9.11 Å². The molecule has 2 N–H and O–H groups in total. The van der Waals surface area contributed by atoms with Gasteiger partial charge in [0.15, 0.2) is 6.61 Å². The van der Waals surface area contributed by atoms with Crippen LogP contribution in [0.3, 0.4) is 0 Å². The van der Waals surface area contributed by atoms with Gasteiger partial charge in [-0.05, 0) is 55.5 Å². The molecule has 0 aliphatic carbocycles. The van der Waals surface area contributed by atoms with Crippen LogP contribution in [0.1, 0.15) is 31.1 Å². The van der Waals surface area contributed by atoms with Crippen LogP contribution in [0.15, 0.2) is 24.3 Å². The van der Waals surface area contributed by atoms with Crippen LogP contribution in [0, 0.1) is 3.57 Å². The highest BCUT2D eigenvalue weighted by Crippen LogP contribution is 2.10. The Balaban J connectivity index is 2.36. The summed E-state index contributed by atoms with van der Waals surface area (Å²) in [6.07, 6.45) is 0. The second kappa shape index (κ2) is 8.11. The monoisotopic (exact) mass is 418 g/mol. The van der Waals surface area contributed by atoms with Crippen molar-refractivity contribution in [3.8, 4) is 0 Å². The van der Waals surface area contributed by atoms with Gasteiger partial charge in [-0.2, -0.15) is 0 Å². The number of carbonyl (C=O) groups is 3. The van der Waals surface area contributed by atoms with Crippen molar-refractivity contribution in [2.24, 2.45) is 0 Å². The van der Waals surface area contributed by atoms with Crippen LogP contribution in [0.5, 0.6) is 0 Å². The summed E-state index contributed by atoms with van der Waals surface area (Å²) in [5.41, 5.74) is 0.100. The number of rotatable bonds is 5. The van der Waals surface area contributed by atoms with E-state index < -0.39 is 5.97 Å². The molecule has 0 heterocycles. The van der Waals surface area contributed by atoms with Gasteiger partial charge in [0.25, 0.3) is 11.8 Å². The molecule has 0 aromatic heterocycles. The van der Waals surface area contributed by atoms with E-state index in [0.717, 1.165) is 3.57 Å². The molecule has 0 saturated carbocycles. The molecule has 7 heteroatoms. The number of amides is 2. The molecule has 0 spiro atoms. The molecule has 0 atom stereocenters. The molecule has 6 nitrogen and oxygen atoms in total. The zero-order chi connectivity index (χ0) is 16.8. The number of halogens is 1. The molecule has 0 saturated heterocycles. The van der Waals surface area contributed by atoms with E-state index in [0.29, 0.717) is 5.56 Å². The fourth-order valence-electron chi connectivity index (χ4n) is 1.54. The molecule has 1 aromatic carbocycles. The van der Waals surface area contributed by atoms with Crippen LogP contribution >= 0.6 is 22.6 Å². The maximum Gasteiger partial charge on any atom is 0.325 e. The van der Waals surface area contributed by atoms with Crippen molar-refractivity contribution in [2.75, 3.05) is 13.2 Å². The summed E-state index contributed by atoms with van der Waals surface area (Å²) in [4.78, 5) is 34.9. The number of esters is 1. The van der Waals surface area contributed by atoms with Crippen molar-refractivity contribution >= 4 is 40.4 Å². The van der Waals surface area contributed by atoms with Crippen molar-refractivity contribution in [1.29, 1.82) is 0 Å². The van der Waals surface area contributed by atoms with Crippen LogP contribution in [-0.2, 0) is 14.3 Å². The Morgan fingerprint density at radius 2 is 1.82 bits per heavy atom. The lowest BCUT2D eigenvalue weighted by molar-refractivity contribution is -0.147. The Labute approximate surface area is 143 Å².